The van der Waals surface area contributed by atoms with Crippen LogP contribution in [0.3, 0.4) is 0 Å². The summed E-state index contributed by atoms with van der Waals surface area (Å²) < 4.78 is 0. The van der Waals surface area contributed by atoms with Gasteiger partial charge in [0, 0.05) is 18.4 Å². The maximum Gasteiger partial charge on any atom is 0.0820 e. The van der Waals surface area contributed by atoms with Gasteiger partial charge in [0.1, 0.15) is 0 Å². The highest BCUT2D eigenvalue weighted by atomic mass is 35.5. The highest BCUT2D eigenvalue weighted by Gasteiger charge is 2.20. The van der Waals surface area contributed by atoms with E-state index >= 15 is 0 Å². The van der Waals surface area contributed by atoms with Crippen LogP contribution in [0.2, 0.25) is 5.02 Å². The van der Waals surface area contributed by atoms with E-state index in [-0.39, 0.29) is 5.41 Å². The van der Waals surface area contributed by atoms with E-state index in [1.807, 2.05) is 6.07 Å². The molecule has 0 aliphatic heterocycles. The Hall–Kier alpha value is -0.760. The summed E-state index contributed by atoms with van der Waals surface area (Å²) in [4.78, 5) is 3.94. The van der Waals surface area contributed by atoms with Crippen LogP contribution in [0.1, 0.15) is 27.7 Å². The Labute approximate surface area is 90.7 Å². The summed E-state index contributed by atoms with van der Waals surface area (Å²) in [7, 11) is 0. The molecule has 78 valence electrons. The lowest BCUT2D eigenvalue weighted by Crippen LogP contribution is -2.30. The molecule has 0 fully saturated rings. The molecule has 1 unspecified atom stereocenters. The molecule has 0 saturated carbocycles. The highest BCUT2D eigenvalue weighted by Crippen LogP contribution is 2.26. The molecule has 14 heavy (non-hydrogen) atoms. The van der Waals surface area contributed by atoms with Gasteiger partial charge in [-0.3, -0.25) is 4.98 Å². The zero-order valence-electron chi connectivity index (χ0n) is 9.13. The average Bonchev–Trinajstić information content (AvgIpc) is 2.07. The molecule has 1 atom stereocenters. The van der Waals surface area contributed by atoms with E-state index in [1.165, 1.54) is 0 Å². The molecule has 0 saturated heterocycles. The molecule has 0 amide bonds. The summed E-state index contributed by atoms with van der Waals surface area (Å²) in [6, 6.07) is 2.26. The van der Waals surface area contributed by atoms with Gasteiger partial charge in [0.25, 0.3) is 0 Å². The Kier molecular flexibility index (Phi) is 3.38. The van der Waals surface area contributed by atoms with Crippen molar-refractivity contribution in [2.45, 2.75) is 33.7 Å². The van der Waals surface area contributed by atoms with Gasteiger partial charge < -0.3 is 5.32 Å². The van der Waals surface area contributed by atoms with Crippen LogP contribution in [0.25, 0.3) is 0 Å². The van der Waals surface area contributed by atoms with E-state index < -0.39 is 0 Å². The Balaban J connectivity index is 2.75. The lowest BCUT2D eigenvalue weighted by molar-refractivity contribution is 0.359. The lowest BCUT2D eigenvalue weighted by Gasteiger charge is -2.29. The van der Waals surface area contributed by atoms with Crippen molar-refractivity contribution in [1.82, 2.24) is 4.98 Å². The van der Waals surface area contributed by atoms with Gasteiger partial charge in [-0.05, 0) is 18.4 Å². The third-order valence-corrected chi connectivity index (χ3v) is 2.74. The second kappa shape index (κ2) is 4.18. The summed E-state index contributed by atoms with van der Waals surface area (Å²) in [6.45, 7) is 8.73. The molecule has 0 aliphatic carbocycles. The fourth-order valence-corrected chi connectivity index (χ4v) is 1.12. The molecule has 1 heterocycles. The van der Waals surface area contributed by atoms with E-state index in [4.69, 9.17) is 11.6 Å². The number of pyridine rings is 1. The predicted octanol–water partition coefficient (Wildman–Crippen LogP) is 3.58. The first-order valence-electron chi connectivity index (χ1n) is 4.77. The second-order valence-corrected chi connectivity index (χ2v) is 4.99. The van der Waals surface area contributed by atoms with Crippen LogP contribution in [0.4, 0.5) is 5.69 Å². The largest absolute Gasteiger partial charge is 0.381 e. The molecule has 0 spiro atoms. The van der Waals surface area contributed by atoms with Crippen molar-refractivity contribution in [3.63, 3.8) is 0 Å². The normalized spacial score (nSPS) is 13.8. The van der Waals surface area contributed by atoms with Gasteiger partial charge in [0.15, 0.2) is 0 Å². The maximum absolute atomic E-state index is 5.99. The van der Waals surface area contributed by atoms with Crippen LogP contribution in [0.15, 0.2) is 18.5 Å². The minimum Gasteiger partial charge on any atom is -0.381 e. The van der Waals surface area contributed by atoms with Crippen molar-refractivity contribution in [3.05, 3.63) is 23.5 Å². The van der Waals surface area contributed by atoms with Crippen molar-refractivity contribution >= 4 is 17.3 Å². The van der Waals surface area contributed by atoms with Gasteiger partial charge in [-0.1, -0.05) is 32.4 Å². The summed E-state index contributed by atoms with van der Waals surface area (Å²) in [5.41, 5.74) is 1.16. The number of hydrogen-bond acceptors (Lipinski definition) is 2. The molecule has 0 aliphatic rings. The summed E-state index contributed by atoms with van der Waals surface area (Å²) >= 11 is 5.99. The monoisotopic (exact) mass is 212 g/mol. The molecule has 1 rings (SSSR count). The first-order chi connectivity index (χ1) is 6.41. The van der Waals surface area contributed by atoms with Crippen LogP contribution < -0.4 is 5.32 Å². The molecule has 1 N–H and O–H groups in total. The summed E-state index contributed by atoms with van der Waals surface area (Å²) in [5.74, 6) is 0. The molecular weight excluding hydrogens is 196 g/mol. The van der Waals surface area contributed by atoms with Crippen LogP contribution in [0.5, 0.6) is 0 Å². The van der Waals surface area contributed by atoms with Crippen LogP contribution >= 0.6 is 11.6 Å². The van der Waals surface area contributed by atoms with Gasteiger partial charge in [-0.25, -0.2) is 0 Å². The first-order valence-corrected chi connectivity index (χ1v) is 5.15. The maximum atomic E-state index is 5.99. The molecule has 0 bridgehead atoms. The van der Waals surface area contributed by atoms with Gasteiger partial charge in [0.05, 0.1) is 10.7 Å². The Bertz CT molecular complexity index is 304. The topological polar surface area (TPSA) is 24.9 Å². The van der Waals surface area contributed by atoms with Crippen molar-refractivity contribution in [2.75, 3.05) is 5.32 Å². The number of halogens is 1. The number of hydrogen-bond donors (Lipinski definition) is 1. The van der Waals surface area contributed by atoms with Crippen molar-refractivity contribution < 1.29 is 0 Å². The fraction of sp³-hybridized carbons (Fsp3) is 0.545. The summed E-state index contributed by atoms with van der Waals surface area (Å²) in [6.07, 6.45) is 3.39. The van der Waals surface area contributed by atoms with Crippen molar-refractivity contribution in [1.29, 1.82) is 0 Å². The molecule has 1 aromatic rings. The van der Waals surface area contributed by atoms with Crippen LogP contribution in [0, 0.1) is 5.41 Å². The second-order valence-electron chi connectivity index (χ2n) is 4.59. The number of aromatic nitrogens is 1. The molecule has 1 aromatic heterocycles. The lowest BCUT2D eigenvalue weighted by atomic mass is 9.88. The van der Waals surface area contributed by atoms with Gasteiger partial charge in [0.2, 0.25) is 0 Å². The van der Waals surface area contributed by atoms with Crippen LogP contribution in [-0.2, 0) is 0 Å². The SMILES string of the molecule is CC(Nc1ccncc1Cl)C(C)(C)C. The fourth-order valence-electron chi connectivity index (χ4n) is 0.942. The molecule has 0 radical (unpaired) electrons. The number of rotatable bonds is 2. The van der Waals surface area contributed by atoms with Crippen molar-refractivity contribution in [2.24, 2.45) is 5.41 Å². The minimum absolute atomic E-state index is 0.215. The third-order valence-electron chi connectivity index (χ3n) is 2.44. The number of anilines is 1. The van der Waals surface area contributed by atoms with E-state index in [1.54, 1.807) is 12.4 Å². The van der Waals surface area contributed by atoms with Gasteiger partial charge in [-0.15, -0.1) is 0 Å². The number of nitrogens with zero attached hydrogens (tertiary/aromatic N) is 1. The van der Waals surface area contributed by atoms with Gasteiger partial charge >= 0.3 is 0 Å². The van der Waals surface area contributed by atoms with Crippen LogP contribution in [-0.4, -0.2) is 11.0 Å². The van der Waals surface area contributed by atoms with E-state index in [9.17, 15) is 0 Å². The van der Waals surface area contributed by atoms with E-state index in [2.05, 4.69) is 38.0 Å². The quantitative estimate of drug-likeness (QED) is 0.811. The molecule has 3 heteroatoms. The third kappa shape index (κ3) is 2.88. The highest BCUT2D eigenvalue weighted by molar-refractivity contribution is 6.33. The van der Waals surface area contributed by atoms with E-state index in [0.29, 0.717) is 11.1 Å². The van der Waals surface area contributed by atoms with E-state index in [0.717, 1.165) is 5.69 Å². The Morgan fingerprint density at radius 3 is 2.57 bits per heavy atom. The van der Waals surface area contributed by atoms with Crippen molar-refractivity contribution in [3.8, 4) is 0 Å². The summed E-state index contributed by atoms with van der Waals surface area (Å²) in [5, 5.41) is 4.05. The zero-order chi connectivity index (χ0) is 10.8. The number of nitrogens with one attached hydrogen (secondary N) is 1. The molecule has 0 aromatic carbocycles. The predicted molar refractivity (Wildman–Crippen MR) is 61.8 cm³/mol. The smallest absolute Gasteiger partial charge is 0.0820 e. The van der Waals surface area contributed by atoms with Gasteiger partial charge in [-0.2, -0.15) is 0 Å². The Morgan fingerprint density at radius 1 is 1.43 bits per heavy atom. The zero-order valence-corrected chi connectivity index (χ0v) is 9.89. The average molecular weight is 213 g/mol. The minimum atomic E-state index is 0.215. The molecule has 2 nitrogen and oxygen atoms in total. The molecular formula is C11H17ClN2. The Morgan fingerprint density at radius 2 is 2.07 bits per heavy atom. The standard InChI is InChI=1S/C11H17ClN2/c1-8(11(2,3)4)14-10-5-6-13-7-9(10)12/h5-8H,1-4H3,(H,13,14). The first kappa shape index (κ1) is 11.3.